The number of rotatable bonds is 4. The fourth-order valence-corrected chi connectivity index (χ4v) is 1.61. The zero-order valence-electron chi connectivity index (χ0n) is 9.61. The van der Waals surface area contributed by atoms with Crippen LogP contribution in [0.3, 0.4) is 0 Å². The number of carboxylic acid groups (broad SMARTS) is 1. The van der Waals surface area contributed by atoms with E-state index < -0.39 is 24.6 Å². The Hall–Kier alpha value is -1.60. The molecule has 0 aliphatic rings. The van der Waals surface area contributed by atoms with Gasteiger partial charge >= 0.3 is 12.0 Å². The SMILES string of the molecule is Cc1c(Br)cccc1NC(=O)N[C@@H](CO)C(=O)O. The number of benzene rings is 1. The quantitative estimate of drug-likeness (QED) is 0.673. The number of hydrogen-bond acceptors (Lipinski definition) is 3. The highest BCUT2D eigenvalue weighted by Gasteiger charge is 2.18. The van der Waals surface area contributed by atoms with Gasteiger partial charge in [-0.25, -0.2) is 9.59 Å². The molecular weight excluding hydrogens is 304 g/mol. The van der Waals surface area contributed by atoms with Gasteiger partial charge in [0.05, 0.1) is 6.61 Å². The average molecular weight is 317 g/mol. The predicted molar refractivity (Wildman–Crippen MR) is 69.5 cm³/mol. The number of carbonyl (C=O) groups excluding carboxylic acids is 1. The van der Waals surface area contributed by atoms with Crippen molar-refractivity contribution < 1.29 is 19.8 Å². The molecule has 0 aliphatic carbocycles. The van der Waals surface area contributed by atoms with Gasteiger partial charge in [-0.2, -0.15) is 0 Å². The van der Waals surface area contributed by atoms with Gasteiger partial charge in [0, 0.05) is 10.2 Å². The molecule has 1 aromatic carbocycles. The number of aliphatic hydroxyl groups is 1. The van der Waals surface area contributed by atoms with Crippen LogP contribution in [0.15, 0.2) is 22.7 Å². The Balaban J connectivity index is 2.70. The summed E-state index contributed by atoms with van der Waals surface area (Å²) in [5.74, 6) is -1.29. The van der Waals surface area contributed by atoms with Crippen molar-refractivity contribution >= 4 is 33.6 Å². The van der Waals surface area contributed by atoms with Gasteiger partial charge in [-0.15, -0.1) is 0 Å². The molecule has 2 amide bonds. The molecule has 0 saturated carbocycles. The van der Waals surface area contributed by atoms with Gasteiger partial charge in [0.1, 0.15) is 0 Å². The largest absolute Gasteiger partial charge is 0.480 e. The van der Waals surface area contributed by atoms with E-state index in [-0.39, 0.29) is 0 Å². The van der Waals surface area contributed by atoms with E-state index in [0.29, 0.717) is 5.69 Å². The highest BCUT2D eigenvalue weighted by atomic mass is 79.9. The molecule has 98 valence electrons. The maximum atomic E-state index is 11.5. The molecule has 0 aromatic heterocycles. The minimum Gasteiger partial charge on any atom is -0.480 e. The number of aliphatic hydroxyl groups excluding tert-OH is 1. The Labute approximate surface area is 112 Å². The summed E-state index contributed by atoms with van der Waals surface area (Å²) in [7, 11) is 0. The Kier molecular flexibility index (Phi) is 5.11. The summed E-state index contributed by atoms with van der Waals surface area (Å²) in [5, 5.41) is 22.1. The van der Waals surface area contributed by atoms with Crippen molar-refractivity contribution in [2.45, 2.75) is 13.0 Å². The van der Waals surface area contributed by atoms with Gasteiger partial charge in [-0.3, -0.25) is 0 Å². The molecule has 1 rings (SSSR count). The molecule has 1 atom stereocenters. The number of aliphatic carboxylic acids is 1. The molecule has 6 nitrogen and oxygen atoms in total. The van der Waals surface area contributed by atoms with E-state index in [1.54, 1.807) is 19.1 Å². The first-order valence-corrected chi connectivity index (χ1v) is 5.91. The Morgan fingerprint density at radius 3 is 2.67 bits per heavy atom. The second-order valence-corrected chi connectivity index (χ2v) is 4.44. The molecule has 0 fully saturated rings. The van der Waals surface area contributed by atoms with Crippen LogP contribution in [0.5, 0.6) is 0 Å². The van der Waals surface area contributed by atoms with Crippen molar-refractivity contribution in [3.05, 3.63) is 28.2 Å². The van der Waals surface area contributed by atoms with Crippen molar-refractivity contribution in [3.63, 3.8) is 0 Å². The number of urea groups is 1. The van der Waals surface area contributed by atoms with Crippen LogP contribution in [0.1, 0.15) is 5.56 Å². The summed E-state index contributed by atoms with van der Waals surface area (Å²) in [6.07, 6.45) is 0. The third-order valence-electron chi connectivity index (χ3n) is 2.30. The highest BCUT2D eigenvalue weighted by molar-refractivity contribution is 9.10. The summed E-state index contributed by atoms with van der Waals surface area (Å²) >= 11 is 3.32. The lowest BCUT2D eigenvalue weighted by Crippen LogP contribution is -2.45. The van der Waals surface area contributed by atoms with Gasteiger partial charge in [-0.1, -0.05) is 22.0 Å². The molecule has 18 heavy (non-hydrogen) atoms. The molecule has 0 unspecified atom stereocenters. The second kappa shape index (κ2) is 6.36. The van der Waals surface area contributed by atoms with E-state index in [1.807, 2.05) is 6.07 Å². The number of halogens is 1. The number of nitrogens with one attached hydrogen (secondary N) is 2. The van der Waals surface area contributed by atoms with Crippen LogP contribution >= 0.6 is 15.9 Å². The van der Waals surface area contributed by atoms with E-state index in [2.05, 4.69) is 26.6 Å². The number of carboxylic acids is 1. The first-order chi connectivity index (χ1) is 8.45. The van der Waals surface area contributed by atoms with E-state index in [9.17, 15) is 9.59 Å². The molecular formula is C11H13BrN2O4. The molecule has 0 radical (unpaired) electrons. The van der Waals surface area contributed by atoms with Crippen molar-refractivity contribution in [3.8, 4) is 0 Å². The van der Waals surface area contributed by atoms with Crippen LogP contribution in [-0.2, 0) is 4.79 Å². The maximum Gasteiger partial charge on any atom is 0.328 e. The molecule has 7 heteroatoms. The Morgan fingerprint density at radius 1 is 1.44 bits per heavy atom. The van der Waals surface area contributed by atoms with E-state index in [1.165, 1.54) is 0 Å². The van der Waals surface area contributed by atoms with Crippen molar-refractivity contribution in [2.24, 2.45) is 0 Å². The molecule has 0 aliphatic heterocycles. The van der Waals surface area contributed by atoms with E-state index in [4.69, 9.17) is 10.2 Å². The van der Waals surface area contributed by atoms with Gasteiger partial charge in [0.15, 0.2) is 6.04 Å². The fourth-order valence-electron chi connectivity index (χ4n) is 1.25. The molecule has 1 aromatic rings. The highest BCUT2D eigenvalue weighted by Crippen LogP contribution is 2.23. The first kappa shape index (κ1) is 14.5. The van der Waals surface area contributed by atoms with E-state index >= 15 is 0 Å². The second-order valence-electron chi connectivity index (χ2n) is 3.58. The van der Waals surface area contributed by atoms with Crippen LogP contribution in [-0.4, -0.2) is 34.9 Å². The van der Waals surface area contributed by atoms with Gasteiger partial charge in [-0.05, 0) is 24.6 Å². The lowest BCUT2D eigenvalue weighted by atomic mass is 10.2. The maximum absolute atomic E-state index is 11.5. The van der Waals surface area contributed by atoms with Crippen molar-refractivity contribution in [1.82, 2.24) is 5.32 Å². The number of hydrogen-bond donors (Lipinski definition) is 4. The molecule has 0 saturated heterocycles. The van der Waals surface area contributed by atoms with Gasteiger partial charge < -0.3 is 20.8 Å². The molecule has 0 bridgehead atoms. The smallest absolute Gasteiger partial charge is 0.328 e. The minimum absolute atomic E-state index is 0.559. The summed E-state index contributed by atoms with van der Waals surface area (Å²) in [6.45, 7) is 1.14. The Bertz CT molecular complexity index is 464. The summed E-state index contributed by atoms with van der Waals surface area (Å²) in [5.41, 5.74) is 1.38. The van der Waals surface area contributed by atoms with Crippen molar-refractivity contribution in [1.29, 1.82) is 0 Å². The van der Waals surface area contributed by atoms with Crippen LogP contribution in [0.2, 0.25) is 0 Å². The van der Waals surface area contributed by atoms with Gasteiger partial charge in [0.25, 0.3) is 0 Å². The minimum atomic E-state index is -1.32. The fraction of sp³-hybridized carbons (Fsp3) is 0.273. The predicted octanol–water partition coefficient (Wildman–Crippen LogP) is 1.32. The third kappa shape index (κ3) is 3.71. The number of anilines is 1. The Morgan fingerprint density at radius 2 is 2.11 bits per heavy atom. The lowest BCUT2D eigenvalue weighted by Gasteiger charge is -2.14. The first-order valence-electron chi connectivity index (χ1n) is 5.12. The third-order valence-corrected chi connectivity index (χ3v) is 3.16. The summed E-state index contributed by atoms with van der Waals surface area (Å²) in [4.78, 5) is 22.2. The van der Waals surface area contributed by atoms with Crippen LogP contribution in [0.4, 0.5) is 10.5 Å². The van der Waals surface area contributed by atoms with Crippen LogP contribution < -0.4 is 10.6 Å². The molecule has 4 N–H and O–H groups in total. The van der Waals surface area contributed by atoms with Crippen LogP contribution in [0.25, 0.3) is 0 Å². The monoisotopic (exact) mass is 316 g/mol. The topological polar surface area (TPSA) is 98.7 Å². The zero-order valence-corrected chi connectivity index (χ0v) is 11.2. The standard InChI is InChI=1S/C11H13BrN2O4/c1-6-7(12)3-2-4-8(6)13-11(18)14-9(5-15)10(16)17/h2-4,9,15H,5H2,1H3,(H,16,17)(H2,13,14,18)/t9-/m0/s1. The molecule has 0 heterocycles. The number of amides is 2. The van der Waals surface area contributed by atoms with Crippen molar-refractivity contribution in [2.75, 3.05) is 11.9 Å². The molecule has 0 spiro atoms. The van der Waals surface area contributed by atoms with Gasteiger partial charge in [0.2, 0.25) is 0 Å². The average Bonchev–Trinajstić information content (AvgIpc) is 2.31. The summed E-state index contributed by atoms with van der Waals surface area (Å²) in [6, 6.07) is 3.25. The zero-order chi connectivity index (χ0) is 13.7. The summed E-state index contributed by atoms with van der Waals surface area (Å²) < 4.78 is 0.831. The normalized spacial score (nSPS) is 11.7. The number of carbonyl (C=O) groups is 2. The van der Waals surface area contributed by atoms with E-state index in [0.717, 1.165) is 10.0 Å². The lowest BCUT2D eigenvalue weighted by molar-refractivity contribution is -0.140. The van der Waals surface area contributed by atoms with Crippen LogP contribution in [0, 0.1) is 6.92 Å².